The van der Waals surface area contributed by atoms with Crippen LogP contribution in [-0.4, -0.2) is 19.3 Å². The minimum atomic E-state index is -0.0297. The Kier molecular flexibility index (Phi) is 3.17. The van der Waals surface area contributed by atoms with Crippen LogP contribution in [0.2, 0.25) is 0 Å². The van der Waals surface area contributed by atoms with Crippen molar-refractivity contribution in [1.29, 1.82) is 0 Å². The van der Waals surface area contributed by atoms with Gasteiger partial charge in [0.2, 0.25) is 0 Å². The second-order valence-corrected chi connectivity index (χ2v) is 6.27. The van der Waals surface area contributed by atoms with E-state index in [-0.39, 0.29) is 5.56 Å². The predicted octanol–water partition coefficient (Wildman–Crippen LogP) is 2.34. The van der Waals surface area contributed by atoms with Gasteiger partial charge in [0.25, 0.3) is 5.56 Å². The molecular weight excluding hydrogens is 272 g/mol. The Hall–Kier alpha value is -1.95. The van der Waals surface area contributed by atoms with E-state index in [0.717, 1.165) is 0 Å². The molecule has 20 heavy (non-hydrogen) atoms. The number of aryl methyl sites for hydroxylation is 3. The van der Waals surface area contributed by atoms with E-state index >= 15 is 0 Å². The highest BCUT2D eigenvalue weighted by atomic mass is 32.1. The molecule has 5 nitrogen and oxygen atoms in total. The van der Waals surface area contributed by atoms with Crippen LogP contribution in [0.5, 0.6) is 0 Å². The zero-order valence-corrected chi connectivity index (χ0v) is 12.6. The number of hydrogen-bond donors (Lipinski definition) is 0. The highest BCUT2D eigenvalue weighted by Gasteiger charge is 2.11. The average molecular weight is 288 g/mol. The van der Waals surface area contributed by atoms with Crippen molar-refractivity contribution in [3.63, 3.8) is 0 Å². The molecule has 0 aliphatic carbocycles. The molecule has 0 atom stereocenters. The summed E-state index contributed by atoms with van der Waals surface area (Å²) in [6.45, 7) is 7.42. The normalized spacial score (nSPS) is 11.3. The lowest BCUT2D eigenvalue weighted by Crippen LogP contribution is -2.21. The van der Waals surface area contributed by atoms with Gasteiger partial charge in [-0.2, -0.15) is 5.10 Å². The molecule has 0 bridgehead atoms. The van der Waals surface area contributed by atoms with Crippen molar-refractivity contribution < 1.29 is 0 Å². The first-order valence-electron chi connectivity index (χ1n) is 6.57. The number of hydrogen-bond acceptors (Lipinski definition) is 4. The second kappa shape index (κ2) is 4.86. The largest absolute Gasteiger partial charge is 0.294 e. The van der Waals surface area contributed by atoms with Crippen LogP contribution in [0.15, 0.2) is 23.4 Å². The molecule has 0 aliphatic heterocycles. The summed E-state index contributed by atoms with van der Waals surface area (Å²) in [5.41, 5.74) is 1.81. The molecule has 0 N–H and O–H groups in total. The smallest absolute Gasteiger partial charge is 0.264 e. The van der Waals surface area contributed by atoms with Gasteiger partial charge in [0.05, 0.1) is 12.7 Å². The maximum absolute atomic E-state index is 12.5. The van der Waals surface area contributed by atoms with Gasteiger partial charge in [0.1, 0.15) is 11.7 Å². The molecule has 3 heterocycles. The SMILES string of the molecule is CCn1ncc2c(=O)n(Cc3cc(C)sc3C)cnc21. The highest BCUT2D eigenvalue weighted by Crippen LogP contribution is 2.21. The summed E-state index contributed by atoms with van der Waals surface area (Å²) in [6.07, 6.45) is 3.22. The van der Waals surface area contributed by atoms with E-state index in [1.165, 1.54) is 15.3 Å². The van der Waals surface area contributed by atoms with E-state index in [2.05, 4.69) is 30.0 Å². The first kappa shape index (κ1) is 13.1. The van der Waals surface area contributed by atoms with Gasteiger partial charge in [-0.3, -0.25) is 9.36 Å². The van der Waals surface area contributed by atoms with Crippen molar-refractivity contribution in [2.75, 3.05) is 0 Å². The Morgan fingerprint density at radius 1 is 1.35 bits per heavy atom. The van der Waals surface area contributed by atoms with Gasteiger partial charge in [0, 0.05) is 16.3 Å². The Balaban J connectivity index is 2.07. The first-order chi connectivity index (χ1) is 9.60. The number of thiophene rings is 1. The molecule has 0 saturated heterocycles. The molecule has 3 aromatic heterocycles. The molecule has 0 amide bonds. The van der Waals surface area contributed by atoms with Crippen LogP contribution in [-0.2, 0) is 13.1 Å². The fourth-order valence-electron chi connectivity index (χ4n) is 2.37. The Bertz CT molecular complexity index is 827. The maximum atomic E-state index is 12.5. The number of fused-ring (bicyclic) bond motifs is 1. The van der Waals surface area contributed by atoms with Crippen LogP contribution in [0.4, 0.5) is 0 Å². The summed E-state index contributed by atoms with van der Waals surface area (Å²) in [6, 6.07) is 2.13. The predicted molar refractivity (Wildman–Crippen MR) is 80.4 cm³/mol. The van der Waals surface area contributed by atoms with Gasteiger partial charge in [-0.25, -0.2) is 9.67 Å². The summed E-state index contributed by atoms with van der Waals surface area (Å²) >= 11 is 1.75. The third kappa shape index (κ3) is 2.06. The number of rotatable bonds is 3. The van der Waals surface area contributed by atoms with Crippen LogP contribution < -0.4 is 5.56 Å². The molecule has 0 unspecified atom stereocenters. The molecule has 6 heteroatoms. The number of nitrogens with zero attached hydrogens (tertiary/aromatic N) is 4. The average Bonchev–Trinajstić information content (AvgIpc) is 2.97. The van der Waals surface area contributed by atoms with Crippen molar-refractivity contribution in [1.82, 2.24) is 19.3 Å². The lowest BCUT2D eigenvalue weighted by molar-refractivity contribution is 0.671. The van der Waals surface area contributed by atoms with Crippen molar-refractivity contribution >= 4 is 22.4 Å². The second-order valence-electron chi connectivity index (χ2n) is 4.81. The van der Waals surface area contributed by atoms with Crippen LogP contribution in [0.25, 0.3) is 11.0 Å². The van der Waals surface area contributed by atoms with E-state index < -0.39 is 0 Å². The van der Waals surface area contributed by atoms with Crippen molar-refractivity contribution in [3.05, 3.63) is 44.3 Å². The zero-order valence-electron chi connectivity index (χ0n) is 11.8. The Morgan fingerprint density at radius 3 is 2.80 bits per heavy atom. The Labute approximate surface area is 120 Å². The molecular formula is C14H16N4OS. The summed E-state index contributed by atoms with van der Waals surface area (Å²) in [5, 5.41) is 4.77. The molecule has 0 radical (unpaired) electrons. The van der Waals surface area contributed by atoms with Crippen molar-refractivity contribution in [2.45, 2.75) is 33.9 Å². The molecule has 0 aliphatic rings. The lowest BCUT2D eigenvalue weighted by Gasteiger charge is -2.05. The van der Waals surface area contributed by atoms with Gasteiger partial charge < -0.3 is 0 Å². The Morgan fingerprint density at radius 2 is 2.15 bits per heavy atom. The summed E-state index contributed by atoms with van der Waals surface area (Å²) in [7, 11) is 0. The molecule has 0 fully saturated rings. The van der Waals surface area contributed by atoms with E-state index in [1.807, 2.05) is 6.92 Å². The van der Waals surface area contributed by atoms with Gasteiger partial charge in [-0.05, 0) is 32.4 Å². The standard InChI is InChI=1S/C14H16N4OS/c1-4-18-13-12(6-16-18)14(19)17(8-15-13)7-11-5-9(2)20-10(11)3/h5-6,8H,4,7H2,1-3H3. The van der Waals surface area contributed by atoms with E-state index in [9.17, 15) is 4.79 Å². The van der Waals surface area contributed by atoms with Crippen LogP contribution in [0.1, 0.15) is 22.2 Å². The topological polar surface area (TPSA) is 52.7 Å². The van der Waals surface area contributed by atoms with Crippen LogP contribution in [0.3, 0.4) is 0 Å². The van der Waals surface area contributed by atoms with Gasteiger partial charge >= 0.3 is 0 Å². The molecule has 0 saturated carbocycles. The third-order valence-electron chi connectivity index (χ3n) is 3.41. The maximum Gasteiger partial charge on any atom is 0.264 e. The quantitative estimate of drug-likeness (QED) is 0.743. The fraction of sp³-hybridized carbons (Fsp3) is 0.357. The summed E-state index contributed by atoms with van der Waals surface area (Å²) < 4.78 is 3.39. The summed E-state index contributed by atoms with van der Waals surface area (Å²) in [4.78, 5) is 19.3. The van der Waals surface area contributed by atoms with Gasteiger partial charge in [-0.1, -0.05) is 0 Å². The molecule has 104 valence electrons. The van der Waals surface area contributed by atoms with E-state index in [1.54, 1.807) is 33.1 Å². The fourth-order valence-corrected chi connectivity index (χ4v) is 3.30. The first-order valence-corrected chi connectivity index (χ1v) is 7.38. The number of aromatic nitrogens is 4. The minimum absolute atomic E-state index is 0.0297. The molecule has 3 aromatic rings. The monoisotopic (exact) mass is 288 g/mol. The van der Waals surface area contributed by atoms with Crippen molar-refractivity contribution in [2.24, 2.45) is 0 Å². The molecule has 0 spiro atoms. The van der Waals surface area contributed by atoms with Gasteiger partial charge in [-0.15, -0.1) is 11.3 Å². The van der Waals surface area contributed by atoms with E-state index in [0.29, 0.717) is 24.1 Å². The van der Waals surface area contributed by atoms with Crippen LogP contribution in [0, 0.1) is 13.8 Å². The highest BCUT2D eigenvalue weighted by molar-refractivity contribution is 7.12. The molecule has 3 rings (SSSR count). The molecule has 0 aromatic carbocycles. The third-order valence-corrected chi connectivity index (χ3v) is 4.41. The zero-order chi connectivity index (χ0) is 14.3. The lowest BCUT2D eigenvalue weighted by atomic mass is 10.2. The van der Waals surface area contributed by atoms with Crippen LogP contribution >= 0.6 is 11.3 Å². The van der Waals surface area contributed by atoms with E-state index in [4.69, 9.17) is 0 Å². The van der Waals surface area contributed by atoms with Gasteiger partial charge in [0.15, 0.2) is 5.65 Å². The summed E-state index contributed by atoms with van der Waals surface area (Å²) in [5.74, 6) is 0. The minimum Gasteiger partial charge on any atom is -0.294 e. The van der Waals surface area contributed by atoms with Crippen molar-refractivity contribution in [3.8, 4) is 0 Å².